The molecule has 0 saturated carbocycles. The van der Waals surface area contributed by atoms with Gasteiger partial charge in [0.25, 0.3) is 5.91 Å². The molecule has 1 aliphatic rings. The first-order valence-electron chi connectivity index (χ1n) is 8.69. The van der Waals surface area contributed by atoms with Gasteiger partial charge in [0.05, 0.1) is 12.1 Å². The van der Waals surface area contributed by atoms with Crippen molar-refractivity contribution >= 4 is 17.5 Å². The van der Waals surface area contributed by atoms with E-state index in [9.17, 15) is 9.18 Å². The van der Waals surface area contributed by atoms with Crippen LogP contribution in [0.3, 0.4) is 0 Å². The standard InChI is InChI=1S/C19H21ClFN3O3/c1-26-16-5-4-12(9-15(16)21)10-24-18(25)17-14(20)6-8-23-19(17)27-11-13-3-2-7-22-13/h4-6,8-9,13,22H,2-3,7,10-11H2,1H3,(H,24,25). The van der Waals surface area contributed by atoms with Crippen molar-refractivity contribution in [3.05, 3.63) is 52.4 Å². The van der Waals surface area contributed by atoms with Crippen LogP contribution in [0.15, 0.2) is 30.5 Å². The Morgan fingerprint density at radius 3 is 3.00 bits per heavy atom. The molecule has 2 aromatic rings. The van der Waals surface area contributed by atoms with Crippen LogP contribution in [0.2, 0.25) is 5.02 Å². The van der Waals surface area contributed by atoms with Crippen LogP contribution in [-0.2, 0) is 6.54 Å². The predicted octanol–water partition coefficient (Wildman–Crippen LogP) is 2.94. The fraction of sp³-hybridized carbons (Fsp3) is 0.368. The molecule has 144 valence electrons. The highest BCUT2D eigenvalue weighted by Crippen LogP contribution is 2.25. The zero-order chi connectivity index (χ0) is 19.2. The fourth-order valence-corrected chi connectivity index (χ4v) is 3.13. The molecule has 1 aromatic carbocycles. The molecule has 1 fully saturated rings. The Labute approximate surface area is 162 Å². The highest BCUT2D eigenvalue weighted by Gasteiger charge is 2.21. The number of benzene rings is 1. The zero-order valence-corrected chi connectivity index (χ0v) is 15.7. The van der Waals surface area contributed by atoms with Gasteiger partial charge in [0.15, 0.2) is 11.6 Å². The summed E-state index contributed by atoms with van der Waals surface area (Å²) < 4.78 is 24.4. The Hall–Kier alpha value is -2.38. The highest BCUT2D eigenvalue weighted by molar-refractivity contribution is 6.34. The van der Waals surface area contributed by atoms with Crippen molar-refractivity contribution < 1.29 is 18.7 Å². The monoisotopic (exact) mass is 393 g/mol. The van der Waals surface area contributed by atoms with Crippen LogP contribution < -0.4 is 20.1 Å². The summed E-state index contributed by atoms with van der Waals surface area (Å²) in [4.78, 5) is 16.8. The van der Waals surface area contributed by atoms with E-state index in [2.05, 4.69) is 15.6 Å². The molecule has 1 aliphatic heterocycles. The Balaban J connectivity index is 1.67. The van der Waals surface area contributed by atoms with E-state index in [0.29, 0.717) is 12.2 Å². The number of carbonyl (C=O) groups excluding carboxylic acids is 1. The maximum atomic E-state index is 13.8. The van der Waals surface area contributed by atoms with Crippen LogP contribution >= 0.6 is 11.6 Å². The van der Waals surface area contributed by atoms with E-state index >= 15 is 0 Å². The second kappa shape index (κ2) is 9.01. The van der Waals surface area contributed by atoms with Gasteiger partial charge in [0, 0.05) is 18.8 Å². The molecule has 8 heteroatoms. The highest BCUT2D eigenvalue weighted by atomic mass is 35.5. The number of rotatable bonds is 7. The molecule has 1 atom stereocenters. The first kappa shape index (κ1) is 19.4. The number of nitrogens with one attached hydrogen (secondary N) is 2. The van der Waals surface area contributed by atoms with Crippen LogP contribution in [0, 0.1) is 5.82 Å². The molecular weight excluding hydrogens is 373 g/mol. The molecule has 2 heterocycles. The molecule has 1 aromatic heterocycles. The molecule has 1 unspecified atom stereocenters. The van der Waals surface area contributed by atoms with Gasteiger partial charge in [-0.3, -0.25) is 4.79 Å². The lowest BCUT2D eigenvalue weighted by atomic mass is 10.2. The summed E-state index contributed by atoms with van der Waals surface area (Å²) in [5, 5.41) is 6.29. The van der Waals surface area contributed by atoms with Gasteiger partial charge < -0.3 is 20.1 Å². The summed E-state index contributed by atoms with van der Waals surface area (Å²) in [5.41, 5.74) is 0.769. The lowest BCUT2D eigenvalue weighted by Gasteiger charge is -2.15. The second-order valence-corrected chi connectivity index (χ2v) is 6.64. The zero-order valence-electron chi connectivity index (χ0n) is 14.9. The number of hydrogen-bond acceptors (Lipinski definition) is 5. The minimum Gasteiger partial charge on any atom is -0.494 e. The number of pyridine rings is 1. The average Bonchev–Trinajstić information content (AvgIpc) is 3.18. The molecule has 6 nitrogen and oxygen atoms in total. The van der Waals surface area contributed by atoms with Crippen molar-refractivity contribution in [1.29, 1.82) is 0 Å². The van der Waals surface area contributed by atoms with Gasteiger partial charge in [-0.15, -0.1) is 0 Å². The molecule has 3 rings (SSSR count). The first-order chi connectivity index (χ1) is 13.1. The summed E-state index contributed by atoms with van der Waals surface area (Å²) in [6.07, 6.45) is 3.61. The molecule has 1 saturated heterocycles. The summed E-state index contributed by atoms with van der Waals surface area (Å²) in [5.74, 6) is -0.582. The number of carbonyl (C=O) groups is 1. The van der Waals surface area contributed by atoms with Crippen molar-refractivity contribution in [2.45, 2.75) is 25.4 Å². The Bertz CT molecular complexity index is 813. The van der Waals surface area contributed by atoms with Crippen molar-refractivity contribution in [3.63, 3.8) is 0 Å². The van der Waals surface area contributed by atoms with Gasteiger partial charge in [-0.05, 0) is 43.1 Å². The molecule has 1 amide bonds. The first-order valence-corrected chi connectivity index (χ1v) is 9.07. The number of halogens is 2. The minimum absolute atomic E-state index is 0.134. The third-order valence-electron chi connectivity index (χ3n) is 4.35. The molecule has 0 spiro atoms. The van der Waals surface area contributed by atoms with Crippen LogP contribution in [0.1, 0.15) is 28.8 Å². The normalized spacial score (nSPS) is 16.2. The Morgan fingerprint density at radius 1 is 1.44 bits per heavy atom. The lowest BCUT2D eigenvalue weighted by Crippen LogP contribution is -2.29. The maximum absolute atomic E-state index is 13.8. The molecule has 27 heavy (non-hydrogen) atoms. The van der Waals surface area contributed by atoms with Gasteiger partial charge in [0.2, 0.25) is 5.88 Å². The Kier molecular flexibility index (Phi) is 6.47. The van der Waals surface area contributed by atoms with Crippen molar-refractivity contribution in [2.24, 2.45) is 0 Å². The summed E-state index contributed by atoms with van der Waals surface area (Å²) >= 11 is 6.19. The predicted molar refractivity (Wildman–Crippen MR) is 99.9 cm³/mol. The van der Waals surface area contributed by atoms with Gasteiger partial charge >= 0.3 is 0 Å². The van der Waals surface area contributed by atoms with E-state index in [-0.39, 0.29) is 34.8 Å². The number of methoxy groups -OCH3 is 1. The number of nitrogens with zero attached hydrogens (tertiary/aromatic N) is 1. The second-order valence-electron chi connectivity index (χ2n) is 6.23. The topological polar surface area (TPSA) is 72.5 Å². The quantitative estimate of drug-likeness (QED) is 0.756. The van der Waals surface area contributed by atoms with Gasteiger partial charge in [0.1, 0.15) is 12.2 Å². The van der Waals surface area contributed by atoms with E-state index < -0.39 is 11.7 Å². The number of hydrogen-bond donors (Lipinski definition) is 2. The number of aromatic nitrogens is 1. The molecule has 0 aliphatic carbocycles. The molecular formula is C19H21ClFN3O3. The average molecular weight is 394 g/mol. The Morgan fingerprint density at radius 2 is 2.30 bits per heavy atom. The SMILES string of the molecule is COc1ccc(CNC(=O)c2c(Cl)ccnc2OCC2CCCN2)cc1F. The number of amides is 1. The number of ether oxygens (including phenoxy) is 2. The van der Waals surface area contributed by atoms with Crippen LogP contribution in [0.5, 0.6) is 11.6 Å². The van der Waals surface area contributed by atoms with Gasteiger partial charge in [-0.25, -0.2) is 9.37 Å². The van der Waals surface area contributed by atoms with Crippen LogP contribution in [-0.4, -0.2) is 37.2 Å². The third-order valence-corrected chi connectivity index (χ3v) is 4.66. The van der Waals surface area contributed by atoms with Gasteiger partial charge in [-0.1, -0.05) is 17.7 Å². The van der Waals surface area contributed by atoms with E-state index in [0.717, 1.165) is 19.4 Å². The molecule has 0 radical (unpaired) electrons. The smallest absolute Gasteiger partial charge is 0.258 e. The van der Waals surface area contributed by atoms with Gasteiger partial charge in [-0.2, -0.15) is 0 Å². The van der Waals surface area contributed by atoms with Crippen LogP contribution in [0.25, 0.3) is 0 Å². The maximum Gasteiger partial charge on any atom is 0.258 e. The van der Waals surface area contributed by atoms with E-state index in [1.54, 1.807) is 6.07 Å². The molecule has 0 bridgehead atoms. The third kappa shape index (κ3) is 4.87. The summed E-state index contributed by atoms with van der Waals surface area (Å²) in [7, 11) is 1.40. The summed E-state index contributed by atoms with van der Waals surface area (Å²) in [6, 6.07) is 6.27. The lowest BCUT2D eigenvalue weighted by molar-refractivity contribution is 0.0945. The van der Waals surface area contributed by atoms with Crippen LogP contribution in [0.4, 0.5) is 4.39 Å². The van der Waals surface area contributed by atoms with E-state index in [4.69, 9.17) is 21.1 Å². The van der Waals surface area contributed by atoms with E-state index in [1.165, 1.54) is 31.5 Å². The van der Waals surface area contributed by atoms with E-state index in [1.807, 2.05) is 0 Å². The fourth-order valence-electron chi connectivity index (χ4n) is 2.90. The van der Waals surface area contributed by atoms with Crippen molar-refractivity contribution in [1.82, 2.24) is 15.6 Å². The largest absolute Gasteiger partial charge is 0.494 e. The van der Waals surface area contributed by atoms with Crippen molar-refractivity contribution in [3.8, 4) is 11.6 Å². The summed E-state index contributed by atoms with van der Waals surface area (Å²) in [6.45, 7) is 1.51. The van der Waals surface area contributed by atoms with Crippen molar-refractivity contribution in [2.75, 3.05) is 20.3 Å². The molecule has 2 N–H and O–H groups in total. The minimum atomic E-state index is -0.489.